The molecule has 8 heavy (non-hydrogen) atoms. The highest BCUT2D eigenvalue weighted by atomic mass is 16.3. The van der Waals surface area contributed by atoms with E-state index in [1.54, 1.807) is 0 Å². The van der Waals surface area contributed by atoms with Crippen LogP contribution in [0.3, 0.4) is 0 Å². The van der Waals surface area contributed by atoms with Gasteiger partial charge in [0.25, 0.3) is 0 Å². The van der Waals surface area contributed by atoms with Crippen molar-refractivity contribution in [3.63, 3.8) is 0 Å². The maximum absolute atomic E-state index is 8.32. The van der Waals surface area contributed by atoms with Crippen LogP contribution >= 0.6 is 0 Å². The number of aliphatic hydroxyl groups excluding tert-OH is 1. The molecule has 0 rings (SSSR count). The van der Waals surface area contributed by atoms with Crippen molar-refractivity contribution in [1.29, 1.82) is 0 Å². The average molecular weight is 117 g/mol. The Labute approximate surface area is 50.9 Å². The van der Waals surface area contributed by atoms with Crippen LogP contribution in [0.1, 0.15) is 20.8 Å². The van der Waals surface area contributed by atoms with Crippen molar-refractivity contribution in [3.05, 3.63) is 0 Å². The summed E-state index contributed by atoms with van der Waals surface area (Å²) in [5, 5.41) is 11.2. The molecule has 0 aromatic carbocycles. The van der Waals surface area contributed by atoms with Crippen molar-refractivity contribution in [2.24, 2.45) is 5.41 Å². The van der Waals surface area contributed by atoms with Crippen LogP contribution < -0.4 is 5.32 Å². The van der Waals surface area contributed by atoms with Crippen molar-refractivity contribution in [2.45, 2.75) is 20.8 Å². The van der Waals surface area contributed by atoms with Crippen LogP contribution in [0.15, 0.2) is 0 Å². The second-order valence-electron chi connectivity index (χ2n) is 3.15. The normalized spacial score (nSPS) is 12.0. The van der Waals surface area contributed by atoms with E-state index in [9.17, 15) is 0 Å². The Hall–Kier alpha value is -0.0800. The Kier molecular flexibility index (Phi) is 3.02. The molecule has 0 aromatic rings. The molecular weight excluding hydrogens is 102 g/mol. The fourth-order valence-electron chi connectivity index (χ4n) is 0.431. The largest absolute Gasteiger partial charge is 0.381 e. The molecule has 0 unspecified atom stereocenters. The minimum absolute atomic E-state index is 0.0806. The molecule has 2 nitrogen and oxygen atoms in total. The van der Waals surface area contributed by atoms with Gasteiger partial charge in [0, 0.05) is 6.54 Å². The van der Waals surface area contributed by atoms with Gasteiger partial charge in [0.1, 0.15) is 0 Å². The zero-order chi connectivity index (χ0) is 6.62. The second-order valence-corrected chi connectivity index (χ2v) is 3.15. The summed E-state index contributed by atoms with van der Waals surface area (Å²) in [6.45, 7) is 7.31. The molecule has 0 aliphatic rings. The predicted octanol–water partition coefficient (Wildman–Crippen LogP) is 0.572. The summed E-state index contributed by atoms with van der Waals surface area (Å²) in [4.78, 5) is 0. The van der Waals surface area contributed by atoms with Gasteiger partial charge < -0.3 is 5.11 Å². The lowest BCUT2D eigenvalue weighted by atomic mass is 9.97. The highest BCUT2D eigenvalue weighted by Gasteiger charge is 2.07. The molecule has 0 saturated carbocycles. The van der Waals surface area contributed by atoms with Crippen LogP contribution in [0.5, 0.6) is 0 Å². The minimum Gasteiger partial charge on any atom is -0.381 e. The molecule has 0 spiro atoms. The second kappa shape index (κ2) is 3.05. The van der Waals surface area contributed by atoms with E-state index in [1.807, 2.05) is 0 Å². The standard InChI is InChI=1S/C6H15NO/c1-6(2,3)4-7-5-8/h7-8H,4-5H2,1-3H3. The van der Waals surface area contributed by atoms with Crippen molar-refractivity contribution < 1.29 is 5.11 Å². The molecule has 0 aromatic heterocycles. The molecule has 0 aliphatic heterocycles. The summed E-state index contributed by atoms with van der Waals surface area (Å²) >= 11 is 0. The molecule has 0 atom stereocenters. The van der Waals surface area contributed by atoms with Crippen molar-refractivity contribution >= 4 is 0 Å². The molecule has 50 valence electrons. The van der Waals surface area contributed by atoms with E-state index in [0.29, 0.717) is 0 Å². The number of aliphatic hydroxyl groups is 1. The monoisotopic (exact) mass is 117 g/mol. The summed E-state index contributed by atoms with van der Waals surface area (Å²) in [5.41, 5.74) is 0.280. The molecule has 0 amide bonds. The van der Waals surface area contributed by atoms with Gasteiger partial charge in [-0.25, -0.2) is 0 Å². The molecule has 0 saturated heterocycles. The Morgan fingerprint density at radius 2 is 1.88 bits per heavy atom. The third kappa shape index (κ3) is 5.92. The summed E-state index contributed by atoms with van der Waals surface area (Å²) in [7, 11) is 0. The molecule has 0 aliphatic carbocycles. The van der Waals surface area contributed by atoms with E-state index in [-0.39, 0.29) is 12.1 Å². The molecule has 2 N–H and O–H groups in total. The van der Waals surface area contributed by atoms with Gasteiger partial charge in [-0.15, -0.1) is 0 Å². The molecule has 0 radical (unpaired) electrons. The van der Waals surface area contributed by atoms with E-state index in [0.717, 1.165) is 6.54 Å². The topological polar surface area (TPSA) is 32.3 Å². The van der Waals surface area contributed by atoms with Crippen LogP contribution in [0.2, 0.25) is 0 Å². The Morgan fingerprint density at radius 3 is 2.00 bits per heavy atom. The molecule has 0 heterocycles. The fourth-order valence-corrected chi connectivity index (χ4v) is 0.431. The predicted molar refractivity (Wildman–Crippen MR) is 34.5 cm³/mol. The lowest BCUT2D eigenvalue weighted by Crippen LogP contribution is -2.27. The molecule has 0 fully saturated rings. The van der Waals surface area contributed by atoms with Crippen molar-refractivity contribution in [3.8, 4) is 0 Å². The van der Waals surface area contributed by atoms with Crippen LogP contribution in [-0.2, 0) is 0 Å². The van der Waals surface area contributed by atoms with Crippen LogP contribution in [0.4, 0.5) is 0 Å². The quantitative estimate of drug-likeness (QED) is 0.518. The van der Waals surface area contributed by atoms with Crippen molar-refractivity contribution in [2.75, 3.05) is 13.3 Å². The Balaban J connectivity index is 3.11. The molecule has 0 bridgehead atoms. The van der Waals surface area contributed by atoms with Gasteiger partial charge in [-0.2, -0.15) is 0 Å². The summed E-state index contributed by atoms with van der Waals surface area (Å²) < 4.78 is 0. The van der Waals surface area contributed by atoms with E-state index >= 15 is 0 Å². The Morgan fingerprint density at radius 1 is 1.38 bits per heavy atom. The zero-order valence-corrected chi connectivity index (χ0v) is 5.86. The van der Waals surface area contributed by atoms with Gasteiger partial charge in [0.05, 0.1) is 6.73 Å². The smallest absolute Gasteiger partial charge is 0.0931 e. The van der Waals surface area contributed by atoms with Crippen molar-refractivity contribution in [1.82, 2.24) is 5.32 Å². The average Bonchev–Trinajstić information content (AvgIpc) is 1.59. The summed E-state index contributed by atoms with van der Waals surface area (Å²) in [6.07, 6.45) is 0. The number of hydrogen-bond acceptors (Lipinski definition) is 2. The number of nitrogens with one attached hydrogen (secondary N) is 1. The molecular formula is C6H15NO. The third-order valence-corrected chi connectivity index (χ3v) is 0.767. The van der Waals surface area contributed by atoms with E-state index in [4.69, 9.17) is 5.11 Å². The van der Waals surface area contributed by atoms with Gasteiger partial charge in [0.2, 0.25) is 0 Å². The Bertz CT molecular complexity index is 56.0. The number of hydrogen-bond donors (Lipinski definition) is 2. The van der Waals surface area contributed by atoms with E-state index in [1.165, 1.54) is 0 Å². The van der Waals surface area contributed by atoms with E-state index < -0.39 is 0 Å². The first-order valence-corrected chi connectivity index (χ1v) is 2.88. The van der Waals surface area contributed by atoms with Crippen LogP contribution in [0.25, 0.3) is 0 Å². The maximum atomic E-state index is 8.32. The van der Waals surface area contributed by atoms with Gasteiger partial charge in [-0.05, 0) is 5.41 Å². The minimum atomic E-state index is 0.0806. The zero-order valence-electron chi connectivity index (χ0n) is 5.86. The SMILES string of the molecule is CC(C)(C)CNCO. The summed E-state index contributed by atoms with van der Waals surface area (Å²) in [5.74, 6) is 0. The lowest BCUT2D eigenvalue weighted by molar-refractivity contribution is 0.234. The van der Waals surface area contributed by atoms with Crippen LogP contribution in [0, 0.1) is 5.41 Å². The first kappa shape index (κ1) is 7.92. The van der Waals surface area contributed by atoms with E-state index in [2.05, 4.69) is 26.1 Å². The van der Waals surface area contributed by atoms with Gasteiger partial charge >= 0.3 is 0 Å². The van der Waals surface area contributed by atoms with Gasteiger partial charge in [-0.3, -0.25) is 5.32 Å². The highest BCUT2D eigenvalue weighted by molar-refractivity contribution is 4.62. The maximum Gasteiger partial charge on any atom is 0.0931 e. The van der Waals surface area contributed by atoms with Crippen LogP contribution in [-0.4, -0.2) is 18.4 Å². The molecule has 2 heteroatoms. The van der Waals surface area contributed by atoms with Gasteiger partial charge in [0.15, 0.2) is 0 Å². The first-order chi connectivity index (χ1) is 3.56. The highest BCUT2D eigenvalue weighted by Crippen LogP contribution is 2.09. The third-order valence-electron chi connectivity index (χ3n) is 0.767. The van der Waals surface area contributed by atoms with Gasteiger partial charge in [-0.1, -0.05) is 20.8 Å². The number of rotatable bonds is 2. The lowest BCUT2D eigenvalue weighted by Gasteiger charge is -2.17. The summed E-state index contributed by atoms with van der Waals surface area (Å²) in [6, 6.07) is 0. The fraction of sp³-hybridized carbons (Fsp3) is 1.00. The first-order valence-electron chi connectivity index (χ1n) is 2.88.